The largest absolute Gasteiger partial charge is 0.348 e. The minimum Gasteiger partial charge on any atom is -0.348 e. The van der Waals surface area contributed by atoms with Gasteiger partial charge in [0.05, 0.1) is 12.1 Å². The second kappa shape index (κ2) is 9.64. The normalized spacial score (nSPS) is 13.3. The molecule has 0 fully saturated rings. The van der Waals surface area contributed by atoms with Crippen LogP contribution in [0, 0.1) is 0 Å². The van der Waals surface area contributed by atoms with E-state index < -0.39 is 6.04 Å². The van der Waals surface area contributed by atoms with Gasteiger partial charge in [-0.25, -0.2) is 0 Å². The molecule has 19 heavy (non-hydrogen) atoms. The number of nitrogens with two attached hydrogens (primary N) is 1. The zero-order valence-electron chi connectivity index (χ0n) is 11.1. The van der Waals surface area contributed by atoms with Gasteiger partial charge >= 0.3 is 0 Å². The summed E-state index contributed by atoms with van der Waals surface area (Å²) >= 11 is 5.09. The summed E-state index contributed by atoms with van der Waals surface area (Å²) in [6, 6.07) is 7.46. The van der Waals surface area contributed by atoms with Crippen molar-refractivity contribution in [1.29, 1.82) is 0 Å². The van der Waals surface area contributed by atoms with Crippen molar-refractivity contribution in [3.63, 3.8) is 0 Å². The molecule has 0 aliphatic carbocycles. The summed E-state index contributed by atoms with van der Waals surface area (Å²) in [5.74, 6) is 0.820. The van der Waals surface area contributed by atoms with E-state index in [-0.39, 0.29) is 24.4 Å². The first-order valence-corrected chi connectivity index (χ1v) is 8.03. The van der Waals surface area contributed by atoms with Crippen molar-refractivity contribution in [1.82, 2.24) is 5.32 Å². The van der Waals surface area contributed by atoms with E-state index in [1.807, 2.05) is 37.4 Å². The van der Waals surface area contributed by atoms with Crippen molar-refractivity contribution in [3.05, 3.63) is 34.3 Å². The molecule has 1 unspecified atom stereocenters. The van der Waals surface area contributed by atoms with Gasteiger partial charge in [0, 0.05) is 4.47 Å². The molecule has 0 aliphatic heterocycles. The quantitative estimate of drug-likeness (QED) is 0.812. The molecule has 0 heterocycles. The number of benzene rings is 1. The van der Waals surface area contributed by atoms with E-state index in [4.69, 9.17) is 5.73 Å². The zero-order valence-corrected chi connectivity index (χ0v) is 14.3. The van der Waals surface area contributed by atoms with Gasteiger partial charge in [-0.05, 0) is 43.0 Å². The van der Waals surface area contributed by atoms with Gasteiger partial charge in [-0.2, -0.15) is 11.8 Å². The third kappa shape index (κ3) is 6.65. The highest BCUT2D eigenvalue weighted by molar-refractivity contribution is 9.10. The Morgan fingerprint density at radius 1 is 1.42 bits per heavy atom. The molecule has 1 amide bonds. The van der Waals surface area contributed by atoms with Crippen LogP contribution < -0.4 is 11.1 Å². The first kappa shape index (κ1) is 18.8. The van der Waals surface area contributed by atoms with Gasteiger partial charge < -0.3 is 11.1 Å². The van der Waals surface area contributed by atoms with Gasteiger partial charge in [-0.15, -0.1) is 12.4 Å². The molecule has 0 bridgehead atoms. The van der Waals surface area contributed by atoms with Crippen LogP contribution in [-0.4, -0.2) is 24.0 Å². The molecule has 6 heteroatoms. The molecule has 1 aromatic rings. The molecule has 1 rings (SSSR count). The third-order valence-electron chi connectivity index (χ3n) is 2.70. The SMILES string of the molecule is CSCC[C@H](N)C(=O)NC(C)c1ccc(Br)cc1.Cl. The second-order valence-electron chi connectivity index (χ2n) is 4.17. The summed E-state index contributed by atoms with van der Waals surface area (Å²) in [6.07, 6.45) is 2.72. The number of hydrogen-bond donors (Lipinski definition) is 2. The van der Waals surface area contributed by atoms with Crippen LogP contribution in [0.25, 0.3) is 0 Å². The molecule has 0 saturated carbocycles. The van der Waals surface area contributed by atoms with Crippen LogP contribution in [0.4, 0.5) is 0 Å². The smallest absolute Gasteiger partial charge is 0.237 e. The van der Waals surface area contributed by atoms with Crippen molar-refractivity contribution in [3.8, 4) is 0 Å². The Morgan fingerprint density at radius 3 is 2.53 bits per heavy atom. The summed E-state index contributed by atoms with van der Waals surface area (Å²) in [5, 5.41) is 2.94. The summed E-state index contributed by atoms with van der Waals surface area (Å²) in [5.41, 5.74) is 6.89. The molecule has 0 saturated heterocycles. The molecule has 0 aromatic heterocycles. The van der Waals surface area contributed by atoms with E-state index in [0.29, 0.717) is 6.42 Å². The first-order chi connectivity index (χ1) is 8.54. The Bertz CT molecular complexity index is 389. The number of hydrogen-bond acceptors (Lipinski definition) is 3. The van der Waals surface area contributed by atoms with E-state index in [1.165, 1.54) is 0 Å². The minimum absolute atomic E-state index is 0. The lowest BCUT2D eigenvalue weighted by molar-refractivity contribution is -0.123. The molecule has 3 N–H and O–H groups in total. The average Bonchev–Trinajstić information content (AvgIpc) is 2.36. The summed E-state index contributed by atoms with van der Waals surface area (Å²) in [6.45, 7) is 1.96. The van der Waals surface area contributed by atoms with Gasteiger partial charge in [0.15, 0.2) is 0 Å². The maximum absolute atomic E-state index is 11.8. The molecular weight excluding hydrogens is 348 g/mol. The van der Waals surface area contributed by atoms with E-state index in [1.54, 1.807) is 11.8 Å². The van der Waals surface area contributed by atoms with Gasteiger partial charge in [0.2, 0.25) is 5.91 Å². The van der Waals surface area contributed by atoms with Gasteiger partial charge in [0.25, 0.3) is 0 Å². The third-order valence-corrected chi connectivity index (χ3v) is 3.87. The highest BCUT2D eigenvalue weighted by Crippen LogP contribution is 2.16. The lowest BCUT2D eigenvalue weighted by Crippen LogP contribution is -2.41. The average molecular weight is 368 g/mol. The zero-order chi connectivity index (χ0) is 13.5. The van der Waals surface area contributed by atoms with Crippen molar-refractivity contribution in [2.75, 3.05) is 12.0 Å². The van der Waals surface area contributed by atoms with Gasteiger partial charge in [0.1, 0.15) is 0 Å². The molecular formula is C13H20BrClN2OS. The van der Waals surface area contributed by atoms with Crippen molar-refractivity contribution < 1.29 is 4.79 Å². The maximum Gasteiger partial charge on any atom is 0.237 e. The number of rotatable bonds is 6. The second-order valence-corrected chi connectivity index (χ2v) is 6.07. The van der Waals surface area contributed by atoms with Gasteiger partial charge in [-0.1, -0.05) is 28.1 Å². The number of amides is 1. The topological polar surface area (TPSA) is 55.1 Å². The first-order valence-electron chi connectivity index (χ1n) is 5.85. The Hall–Kier alpha value is -0.230. The highest BCUT2D eigenvalue weighted by atomic mass is 79.9. The van der Waals surface area contributed by atoms with E-state index in [0.717, 1.165) is 15.8 Å². The fourth-order valence-corrected chi connectivity index (χ4v) is 2.29. The van der Waals surface area contributed by atoms with Crippen LogP contribution in [0.3, 0.4) is 0 Å². The number of halogens is 2. The van der Waals surface area contributed by atoms with Gasteiger partial charge in [-0.3, -0.25) is 4.79 Å². The Balaban J connectivity index is 0.00000324. The summed E-state index contributed by atoms with van der Waals surface area (Å²) < 4.78 is 1.03. The Kier molecular flexibility index (Phi) is 9.52. The fourth-order valence-electron chi connectivity index (χ4n) is 1.53. The van der Waals surface area contributed by atoms with Crippen LogP contribution in [0.15, 0.2) is 28.7 Å². The van der Waals surface area contributed by atoms with Crippen LogP contribution in [-0.2, 0) is 4.79 Å². The molecule has 108 valence electrons. The number of carbonyl (C=O) groups is 1. The number of thioether (sulfide) groups is 1. The highest BCUT2D eigenvalue weighted by Gasteiger charge is 2.15. The van der Waals surface area contributed by atoms with E-state index >= 15 is 0 Å². The summed E-state index contributed by atoms with van der Waals surface area (Å²) in [7, 11) is 0. The Morgan fingerprint density at radius 2 is 2.00 bits per heavy atom. The van der Waals surface area contributed by atoms with E-state index in [9.17, 15) is 4.79 Å². The summed E-state index contributed by atoms with van der Waals surface area (Å²) in [4.78, 5) is 11.8. The standard InChI is InChI=1S/C13H19BrN2OS.ClH/c1-9(10-3-5-11(14)6-4-10)16-13(17)12(15)7-8-18-2;/h3-6,9,12H,7-8,15H2,1-2H3,(H,16,17);1H/t9?,12-;/m0./s1. The predicted molar refractivity (Wildman–Crippen MR) is 88.9 cm³/mol. The van der Waals surface area contributed by atoms with Crippen molar-refractivity contribution in [2.45, 2.75) is 25.4 Å². The monoisotopic (exact) mass is 366 g/mol. The molecule has 0 spiro atoms. The van der Waals surface area contributed by atoms with Crippen LogP contribution >= 0.6 is 40.1 Å². The lowest BCUT2D eigenvalue weighted by atomic mass is 10.1. The molecule has 1 aromatic carbocycles. The fraction of sp³-hybridized carbons (Fsp3) is 0.462. The van der Waals surface area contributed by atoms with Crippen molar-refractivity contribution in [2.24, 2.45) is 5.73 Å². The van der Waals surface area contributed by atoms with Crippen molar-refractivity contribution >= 4 is 46.0 Å². The number of carbonyl (C=O) groups excluding carboxylic acids is 1. The minimum atomic E-state index is -0.421. The maximum atomic E-state index is 11.8. The van der Waals surface area contributed by atoms with Crippen LogP contribution in [0.1, 0.15) is 24.9 Å². The molecule has 2 atom stereocenters. The lowest BCUT2D eigenvalue weighted by Gasteiger charge is -2.17. The number of nitrogens with one attached hydrogen (secondary N) is 1. The van der Waals surface area contributed by atoms with Crippen LogP contribution in [0.2, 0.25) is 0 Å². The molecule has 3 nitrogen and oxygen atoms in total. The molecule has 0 radical (unpaired) electrons. The predicted octanol–water partition coefficient (Wildman–Crippen LogP) is 3.13. The Labute approximate surface area is 133 Å². The van der Waals surface area contributed by atoms with E-state index in [2.05, 4.69) is 21.2 Å². The van der Waals surface area contributed by atoms with Crippen LogP contribution in [0.5, 0.6) is 0 Å². The molecule has 0 aliphatic rings.